The Labute approximate surface area is 192 Å². The zero-order chi connectivity index (χ0) is 22.8. The number of hydrogen-bond acceptors (Lipinski definition) is 9. The van der Waals surface area contributed by atoms with Gasteiger partial charge in [0, 0.05) is 11.6 Å². The fraction of sp³-hybridized carbons (Fsp3) is 0.182. The van der Waals surface area contributed by atoms with Crippen LogP contribution in [-0.4, -0.2) is 52.5 Å². The molecular formula is C22H19N5O5S. The van der Waals surface area contributed by atoms with Gasteiger partial charge in [-0.3, -0.25) is 4.79 Å². The number of nitrogens with one attached hydrogen (secondary N) is 1. The van der Waals surface area contributed by atoms with Crippen LogP contribution in [0.25, 0.3) is 16.9 Å². The number of methoxy groups -OCH3 is 2. The van der Waals surface area contributed by atoms with Crippen LogP contribution in [0, 0.1) is 0 Å². The fourth-order valence-electron chi connectivity index (χ4n) is 3.30. The number of benzene rings is 2. The van der Waals surface area contributed by atoms with Gasteiger partial charge in [0.1, 0.15) is 11.5 Å². The first-order valence-corrected chi connectivity index (χ1v) is 10.9. The maximum Gasteiger partial charge on any atom is 0.234 e. The molecule has 5 rings (SSSR count). The highest BCUT2D eigenvalue weighted by Crippen LogP contribution is 2.35. The molecule has 0 aliphatic carbocycles. The quantitative estimate of drug-likeness (QED) is 0.411. The summed E-state index contributed by atoms with van der Waals surface area (Å²) in [6.45, 7) is 0.210. The van der Waals surface area contributed by atoms with Crippen LogP contribution in [0.5, 0.6) is 23.0 Å². The molecule has 2 aromatic heterocycles. The lowest BCUT2D eigenvalue weighted by Gasteiger charge is -2.11. The second-order valence-corrected chi connectivity index (χ2v) is 7.88. The fourth-order valence-corrected chi connectivity index (χ4v) is 3.98. The van der Waals surface area contributed by atoms with Crippen LogP contribution in [0.15, 0.2) is 53.7 Å². The molecule has 0 bridgehead atoms. The largest absolute Gasteiger partial charge is 0.497 e. The number of rotatable bonds is 7. The minimum Gasteiger partial charge on any atom is -0.497 e. The Kier molecular flexibility index (Phi) is 5.61. The van der Waals surface area contributed by atoms with E-state index >= 15 is 0 Å². The molecule has 33 heavy (non-hydrogen) atoms. The van der Waals surface area contributed by atoms with E-state index in [1.54, 1.807) is 29.8 Å². The summed E-state index contributed by atoms with van der Waals surface area (Å²) in [6.07, 6.45) is 0. The molecule has 2 aromatic carbocycles. The third kappa shape index (κ3) is 4.22. The van der Waals surface area contributed by atoms with Crippen molar-refractivity contribution in [3.8, 4) is 34.3 Å². The standard InChI is InChI=1S/C22H19N5O5S/c1-29-14-4-7-17(30-2)16(10-14)23-21(28)11-33-22-25-24-20-8-5-15(26-27(20)22)13-3-6-18-19(9-13)32-12-31-18/h3-10H,11-12H2,1-2H3,(H,23,28). The highest BCUT2D eigenvalue weighted by molar-refractivity contribution is 7.99. The summed E-state index contributed by atoms with van der Waals surface area (Å²) in [5.74, 6) is 2.42. The number of aromatic nitrogens is 4. The van der Waals surface area contributed by atoms with Crippen LogP contribution in [-0.2, 0) is 4.79 Å². The second-order valence-electron chi connectivity index (χ2n) is 6.94. The summed E-state index contributed by atoms with van der Waals surface area (Å²) in [5, 5.41) is 16.3. The van der Waals surface area contributed by atoms with Crippen molar-refractivity contribution in [3.63, 3.8) is 0 Å². The van der Waals surface area contributed by atoms with Crippen LogP contribution in [0.2, 0.25) is 0 Å². The lowest BCUT2D eigenvalue weighted by Crippen LogP contribution is -2.15. The minimum absolute atomic E-state index is 0.108. The molecule has 0 saturated carbocycles. The van der Waals surface area contributed by atoms with Crippen molar-refractivity contribution in [3.05, 3.63) is 48.5 Å². The van der Waals surface area contributed by atoms with E-state index < -0.39 is 0 Å². The minimum atomic E-state index is -0.227. The molecule has 0 fully saturated rings. The van der Waals surface area contributed by atoms with E-state index in [4.69, 9.17) is 18.9 Å². The summed E-state index contributed by atoms with van der Waals surface area (Å²) in [6, 6.07) is 14.5. The predicted molar refractivity (Wildman–Crippen MR) is 121 cm³/mol. The van der Waals surface area contributed by atoms with E-state index in [1.165, 1.54) is 18.9 Å². The van der Waals surface area contributed by atoms with Crippen LogP contribution < -0.4 is 24.3 Å². The molecule has 0 unspecified atom stereocenters. The number of carbonyl (C=O) groups is 1. The Morgan fingerprint density at radius 1 is 1.06 bits per heavy atom. The van der Waals surface area contributed by atoms with Gasteiger partial charge in [-0.15, -0.1) is 10.2 Å². The first-order valence-electron chi connectivity index (χ1n) is 9.92. The van der Waals surface area contributed by atoms with Gasteiger partial charge in [0.05, 0.1) is 31.4 Å². The molecule has 0 saturated heterocycles. The summed E-state index contributed by atoms with van der Waals surface area (Å²) in [5.41, 5.74) is 2.69. The van der Waals surface area contributed by atoms with E-state index in [0.717, 1.165) is 5.56 Å². The van der Waals surface area contributed by atoms with Crippen molar-refractivity contribution < 1.29 is 23.7 Å². The van der Waals surface area contributed by atoms with Crippen LogP contribution in [0.3, 0.4) is 0 Å². The van der Waals surface area contributed by atoms with E-state index in [1.807, 2.05) is 30.3 Å². The molecule has 1 aliphatic rings. The van der Waals surface area contributed by atoms with Crippen molar-refractivity contribution in [2.24, 2.45) is 0 Å². The zero-order valence-corrected chi connectivity index (χ0v) is 18.6. The SMILES string of the molecule is COc1ccc(OC)c(NC(=O)CSc2nnc3ccc(-c4ccc5c(c4)OCO5)nn23)c1. The summed E-state index contributed by atoms with van der Waals surface area (Å²) >= 11 is 1.23. The molecule has 0 spiro atoms. The summed E-state index contributed by atoms with van der Waals surface area (Å²) in [7, 11) is 3.10. The number of hydrogen-bond donors (Lipinski definition) is 1. The highest BCUT2D eigenvalue weighted by Gasteiger charge is 2.16. The van der Waals surface area contributed by atoms with Crippen LogP contribution in [0.1, 0.15) is 0 Å². The second kappa shape index (κ2) is 8.87. The predicted octanol–water partition coefficient (Wildman–Crippen LogP) is 3.27. The van der Waals surface area contributed by atoms with Crippen molar-refractivity contribution in [2.75, 3.05) is 32.1 Å². The smallest absolute Gasteiger partial charge is 0.234 e. The van der Waals surface area contributed by atoms with Crippen molar-refractivity contribution >= 4 is 29.0 Å². The molecule has 168 valence electrons. The van der Waals surface area contributed by atoms with Gasteiger partial charge >= 0.3 is 0 Å². The number of amides is 1. The maximum absolute atomic E-state index is 12.6. The number of carbonyl (C=O) groups excluding carboxylic acids is 1. The molecule has 4 aromatic rings. The zero-order valence-electron chi connectivity index (χ0n) is 17.8. The van der Waals surface area contributed by atoms with Crippen molar-refractivity contribution in [1.82, 2.24) is 19.8 Å². The Morgan fingerprint density at radius 3 is 2.79 bits per heavy atom. The van der Waals surface area contributed by atoms with E-state index in [2.05, 4.69) is 20.6 Å². The van der Waals surface area contributed by atoms with Crippen LogP contribution in [0.4, 0.5) is 5.69 Å². The molecule has 11 heteroatoms. The van der Waals surface area contributed by atoms with Gasteiger partial charge in [0.25, 0.3) is 0 Å². The average Bonchev–Trinajstić information content (AvgIpc) is 3.48. The van der Waals surface area contributed by atoms with Crippen molar-refractivity contribution in [2.45, 2.75) is 5.16 Å². The van der Waals surface area contributed by atoms with Gasteiger partial charge in [-0.2, -0.15) is 9.61 Å². The van der Waals surface area contributed by atoms with E-state index in [0.29, 0.717) is 45.2 Å². The number of anilines is 1. The molecular weight excluding hydrogens is 446 g/mol. The molecule has 10 nitrogen and oxygen atoms in total. The normalized spacial score (nSPS) is 12.1. The third-order valence-corrected chi connectivity index (χ3v) is 5.83. The van der Waals surface area contributed by atoms with Gasteiger partial charge in [-0.1, -0.05) is 11.8 Å². The third-order valence-electron chi connectivity index (χ3n) is 4.92. The number of nitrogens with zero attached hydrogens (tertiary/aromatic N) is 4. The Bertz CT molecular complexity index is 1340. The average molecular weight is 465 g/mol. The summed E-state index contributed by atoms with van der Waals surface area (Å²) in [4.78, 5) is 12.6. The van der Waals surface area contributed by atoms with Crippen molar-refractivity contribution in [1.29, 1.82) is 0 Å². The first kappa shape index (κ1) is 20.9. The Balaban J connectivity index is 1.32. The van der Waals surface area contributed by atoms with Crippen LogP contribution >= 0.6 is 11.8 Å². The molecule has 1 aliphatic heterocycles. The van der Waals surface area contributed by atoms with E-state index in [9.17, 15) is 4.79 Å². The molecule has 1 amide bonds. The number of fused-ring (bicyclic) bond motifs is 2. The topological polar surface area (TPSA) is 109 Å². The lowest BCUT2D eigenvalue weighted by molar-refractivity contribution is -0.113. The van der Waals surface area contributed by atoms with Gasteiger partial charge < -0.3 is 24.3 Å². The maximum atomic E-state index is 12.6. The van der Waals surface area contributed by atoms with Gasteiger partial charge in [0.2, 0.25) is 17.9 Å². The molecule has 1 N–H and O–H groups in total. The Hall–Kier alpha value is -3.99. The lowest BCUT2D eigenvalue weighted by atomic mass is 10.1. The first-order chi connectivity index (χ1) is 16.1. The van der Waals surface area contributed by atoms with E-state index in [-0.39, 0.29) is 18.5 Å². The number of ether oxygens (including phenoxy) is 4. The molecule has 0 atom stereocenters. The van der Waals surface area contributed by atoms with Gasteiger partial charge in [0.15, 0.2) is 17.1 Å². The van der Waals surface area contributed by atoms with Gasteiger partial charge in [-0.25, -0.2) is 0 Å². The number of thioether (sulfide) groups is 1. The summed E-state index contributed by atoms with van der Waals surface area (Å²) < 4.78 is 23.0. The molecule has 0 radical (unpaired) electrons. The molecule has 3 heterocycles. The Morgan fingerprint density at radius 2 is 1.94 bits per heavy atom. The monoisotopic (exact) mass is 465 g/mol. The highest BCUT2D eigenvalue weighted by atomic mass is 32.2. The van der Waals surface area contributed by atoms with Gasteiger partial charge in [-0.05, 0) is 42.5 Å².